The zero-order valence-corrected chi connectivity index (χ0v) is 32.3. The monoisotopic (exact) mass is 750 g/mol. The van der Waals surface area contributed by atoms with Gasteiger partial charge in [0.05, 0.1) is 16.4 Å². The standard InChI is InChI=1S/C57H38N2/c1-2-20-41(21-3-1)58(42-32-34-43(35-33-42)59-55-30-12-9-25-49(55)50-26-10-13-31-56(50)59)44-36-37-48-47-24-8-11-27-53(47)57(54(48)38-44,51-28-14-18-39-16-4-6-22-45(39)51)52-29-15-19-40-17-5-7-23-46(40)52/h1-38H. The van der Waals surface area contributed by atoms with Crippen LogP contribution in [0.15, 0.2) is 231 Å². The van der Waals surface area contributed by atoms with Gasteiger partial charge < -0.3 is 9.47 Å². The number of hydrogen-bond acceptors (Lipinski definition) is 1. The quantitative estimate of drug-likeness (QED) is 0.164. The summed E-state index contributed by atoms with van der Waals surface area (Å²) in [6.45, 7) is 0. The first-order chi connectivity index (χ1) is 29.3. The van der Waals surface area contributed by atoms with E-state index in [2.05, 4.69) is 240 Å². The van der Waals surface area contributed by atoms with Crippen LogP contribution >= 0.6 is 0 Å². The largest absolute Gasteiger partial charge is 0.310 e. The third-order valence-electron chi connectivity index (χ3n) is 12.6. The lowest BCUT2D eigenvalue weighted by atomic mass is 9.65. The van der Waals surface area contributed by atoms with Gasteiger partial charge in [0.15, 0.2) is 0 Å². The molecule has 0 unspecified atom stereocenters. The molecule has 2 nitrogen and oxygen atoms in total. The molecule has 0 amide bonds. The Labute approximate surface area is 343 Å². The van der Waals surface area contributed by atoms with Crippen LogP contribution < -0.4 is 4.90 Å². The van der Waals surface area contributed by atoms with E-state index in [4.69, 9.17) is 0 Å². The molecule has 59 heavy (non-hydrogen) atoms. The van der Waals surface area contributed by atoms with E-state index >= 15 is 0 Å². The van der Waals surface area contributed by atoms with Crippen LogP contribution in [0.1, 0.15) is 22.3 Å². The minimum absolute atomic E-state index is 0.605. The molecule has 0 saturated carbocycles. The Bertz CT molecular complexity index is 3250. The lowest BCUT2D eigenvalue weighted by molar-refractivity contribution is 0.784. The second-order valence-electron chi connectivity index (χ2n) is 15.6. The van der Waals surface area contributed by atoms with Crippen molar-refractivity contribution in [1.29, 1.82) is 0 Å². The van der Waals surface area contributed by atoms with E-state index in [1.807, 2.05) is 0 Å². The Balaban J connectivity index is 1.11. The molecule has 2 heteroatoms. The van der Waals surface area contributed by atoms with Crippen LogP contribution in [0.2, 0.25) is 0 Å². The smallest absolute Gasteiger partial charge is 0.0726 e. The molecule has 0 radical (unpaired) electrons. The number of aromatic nitrogens is 1. The summed E-state index contributed by atoms with van der Waals surface area (Å²) in [5.41, 5.74) is 14.0. The number of nitrogens with zero attached hydrogens (tertiary/aromatic N) is 2. The maximum Gasteiger partial charge on any atom is 0.0726 e. The number of hydrogen-bond donors (Lipinski definition) is 0. The predicted octanol–water partition coefficient (Wildman–Crippen LogP) is 14.9. The minimum Gasteiger partial charge on any atom is -0.310 e. The summed E-state index contributed by atoms with van der Waals surface area (Å²) in [6.07, 6.45) is 0. The van der Waals surface area contributed by atoms with Gasteiger partial charge in [0.2, 0.25) is 0 Å². The lowest BCUT2D eigenvalue weighted by Gasteiger charge is -2.36. The van der Waals surface area contributed by atoms with Gasteiger partial charge in [0.25, 0.3) is 0 Å². The molecule has 1 aromatic heterocycles. The van der Waals surface area contributed by atoms with Crippen LogP contribution in [-0.2, 0) is 5.41 Å². The van der Waals surface area contributed by atoms with Gasteiger partial charge in [0.1, 0.15) is 0 Å². The fourth-order valence-electron chi connectivity index (χ4n) is 10.2. The summed E-state index contributed by atoms with van der Waals surface area (Å²) in [7, 11) is 0. The molecule has 0 atom stereocenters. The molecule has 11 aromatic rings. The third-order valence-corrected chi connectivity index (χ3v) is 12.6. The van der Waals surface area contributed by atoms with Crippen molar-refractivity contribution in [2.45, 2.75) is 5.41 Å². The van der Waals surface area contributed by atoms with E-state index in [1.54, 1.807) is 0 Å². The zero-order chi connectivity index (χ0) is 38.9. The molecule has 1 heterocycles. The summed E-state index contributed by atoms with van der Waals surface area (Å²) in [5, 5.41) is 7.52. The predicted molar refractivity (Wildman–Crippen MR) is 248 cm³/mol. The van der Waals surface area contributed by atoms with Crippen LogP contribution in [0.4, 0.5) is 17.1 Å². The summed E-state index contributed by atoms with van der Waals surface area (Å²) in [6, 6.07) is 85.0. The Morgan fingerprint density at radius 1 is 0.305 bits per heavy atom. The highest BCUT2D eigenvalue weighted by atomic mass is 15.1. The molecule has 0 bridgehead atoms. The number of anilines is 3. The number of benzene rings is 10. The maximum absolute atomic E-state index is 2.48. The van der Waals surface area contributed by atoms with Gasteiger partial charge in [-0.1, -0.05) is 170 Å². The molecule has 12 rings (SSSR count). The molecule has 0 aliphatic heterocycles. The Morgan fingerprint density at radius 2 is 0.763 bits per heavy atom. The molecule has 0 N–H and O–H groups in total. The first-order valence-electron chi connectivity index (χ1n) is 20.4. The molecule has 1 aliphatic rings. The van der Waals surface area contributed by atoms with Crippen molar-refractivity contribution in [3.8, 4) is 16.8 Å². The van der Waals surface area contributed by atoms with Crippen molar-refractivity contribution in [3.63, 3.8) is 0 Å². The van der Waals surface area contributed by atoms with Crippen molar-refractivity contribution in [2.75, 3.05) is 4.90 Å². The summed E-state index contributed by atoms with van der Waals surface area (Å²) in [4.78, 5) is 2.41. The van der Waals surface area contributed by atoms with Crippen LogP contribution in [0, 0.1) is 0 Å². The first-order valence-corrected chi connectivity index (χ1v) is 20.4. The lowest BCUT2D eigenvalue weighted by Crippen LogP contribution is -2.29. The first kappa shape index (κ1) is 33.5. The van der Waals surface area contributed by atoms with E-state index in [0.717, 1.165) is 22.7 Å². The van der Waals surface area contributed by atoms with Gasteiger partial charge in [-0.3, -0.25) is 0 Å². The Hall–Kier alpha value is -7.68. The van der Waals surface area contributed by atoms with Crippen molar-refractivity contribution in [2.24, 2.45) is 0 Å². The highest BCUT2D eigenvalue weighted by molar-refractivity contribution is 6.09. The highest BCUT2D eigenvalue weighted by Gasteiger charge is 2.48. The molecule has 10 aromatic carbocycles. The van der Waals surface area contributed by atoms with Crippen molar-refractivity contribution < 1.29 is 0 Å². The van der Waals surface area contributed by atoms with Gasteiger partial charge in [-0.05, 0) is 116 Å². The Morgan fingerprint density at radius 3 is 1.41 bits per heavy atom. The number of para-hydroxylation sites is 3. The second kappa shape index (κ2) is 13.2. The third kappa shape index (κ3) is 4.93. The summed E-state index contributed by atoms with van der Waals surface area (Å²) >= 11 is 0. The molecule has 1 aliphatic carbocycles. The minimum atomic E-state index is -0.605. The topological polar surface area (TPSA) is 8.17 Å². The van der Waals surface area contributed by atoms with Crippen LogP contribution in [-0.4, -0.2) is 4.57 Å². The molecule has 276 valence electrons. The molecule has 0 saturated heterocycles. The van der Waals surface area contributed by atoms with Crippen molar-refractivity contribution in [3.05, 3.63) is 253 Å². The highest BCUT2D eigenvalue weighted by Crippen LogP contribution is 2.59. The maximum atomic E-state index is 2.48. The molecular weight excluding hydrogens is 713 g/mol. The SMILES string of the molecule is c1ccc(N(c2ccc(-n3c4ccccc4c4ccccc43)cc2)c2ccc3c(c2)C(c2cccc4ccccc24)(c2cccc4ccccc24)c2ccccc2-3)cc1. The van der Waals surface area contributed by atoms with Crippen molar-refractivity contribution >= 4 is 60.4 Å². The summed E-state index contributed by atoms with van der Waals surface area (Å²) in [5.74, 6) is 0. The average molecular weight is 751 g/mol. The van der Waals surface area contributed by atoms with E-state index in [1.165, 1.54) is 76.7 Å². The van der Waals surface area contributed by atoms with Gasteiger partial charge in [-0.2, -0.15) is 0 Å². The summed E-state index contributed by atoms with van der Waals surface area (Å²) < 4.78 is 2.39. The van der Waals surface area contributed by atoms with E-state index in [0.29, 0.717) is 0 Å². The van der Waals surface area contributed by atoms with E-state index in [9.17, 15) is 0 Å². The van der Waals surface area contributed by atoms with Gasteiger partial charge in [-0.25, -0.2) is 0 Å². The Kier molecular flexibility index (Phi) is 7.48. The molecule has 0 spiro atoms. The normalized spacial score (nSPS) is 12.9. The zero-order valence-electron chi connectivity index (χ0n) is 32.3. The van der Waals surface area contributed by atoms with Crippen LogP contribution in [0.5, 0.6) is 0 Å². The molecule has 0 fully saturated rings. The van der Waals surface area contributed by atoms with E-state index in [-0.39, 0.29) is 0 Å². The van der Waals surface area contributed by atoms with Gasteiger partial charge >= 0.3 is 0 Å². The number of fused-ring (bicyclic) bond motifs is 8. The van der Waals surface area contributed by atoms with Gasteiger partial charge in [0, 0.05) is 33.5 Å². The number of rotatable bonds is 6. The van der Waals surface area contributed by atoms with Crippen molar-refractivity contribution in [1.82, 2.24) is 4.57 Å². The van der Waals surface area contributed by atoms with Crippen LogP contribution in [0.25, 0.3) is 60.2 Å². The van der Waals surface area contributed by atoms with E-state index < -0.39 is 5.41 Å². The second-order valence-corrected chi connectivity index (χ2v) is 15.6. The van der Waals surface area contributed by atoms with Gasteiger partial charge in [-0.15, -0.1) is 0 Å². The molecular formula is C57H38N2. The average Bonchev–Trinajstić information content (AvgIpc) is 3.80. The fraction of sp³-hybridized carbons (Fsp3) is 0.0175. The fourth-order valence-corrected chi connectivity index (χ4v) is 10.2. The van der Waals surface area contributed by atoms with Crippen LogP contribution in [0.3, 0.4) is 0 Å².